The van der Waals surface area contributed by atoms with Gasteiger partial charge in [0.15, 0.2) is 9.84 Å². The number of benzene rings is 1. The van der Waals surface area contributed by atoms with Crippen LogP contribution in [0.15, 0.2) is 30.5 Å². The Labute approximate surface area is 106 Å². The molecule has 1 atom stereocenters. The van der Waals surface area contributed by atoms with E-state index in [2.05, 4.69) is 5.32 Å². The molecule has 0 aliphatic carbocycles. The number of halogens is 1. The van der Waals surface area contributed by atoms with Gasteiger partial charge >= 0.3 is 0 Å². The van der Waals surface area contributed by atoms with E-state index < -0.39 is 15.2 Å². The summed E-state index contributed by atoms with van der Waals surface area (Å²) in [6, 6.07) is 7.41. The summed E-state index contributed by atoms with van der Waals surface area (Å²) in [5.74, 6) is 0.159. The van der Waals surface area contributed by atoms with Gasteiger partial charge in [0.25, 0.3) is 0 Å². The lowest BCUT2D eigenvalue weighted by molar-refractivity contribution is 0.576. The number of hydrogen-bond donors (Lipinski definition) is 1. The lowest BCUT2D eigenvalue weighted by atomic mass is 10.1. The van der Waals surface area contributed by atoms with Gasteiger partial charge in [0, 0.05) is 23.4 Å². The molecule has 1 N–H and O–H groups in total. The molecule has 92 valence electrons. The third-order valence-electron chi connectivity index (χ3n) is 2.90. The van der Waals surface area contributed by atoms with Crippen LogP contribution in [0.2, 0.25) is 5.02 Å². The van der Waals surface area contributed by atoms with Gasteiger partial charge in [0.1, 0.15) is 5.37 Å². The molecule has 2 rings (SSSR count). The van der Waals surface area contributed by atoms with Crippen molar-refractivity contribution >= 4 is 27.0 Å². The first-order chi connectivity index (χ1) is 8.03. The first-order valence-corrected chi connectivity index (χ1v) is 7.55. The largest absolute Gasteiger partial charge is 0.375 e. The van der Waals surface area contributed by atoms with Crippen LogP contribution in [0.3, 0.4) is 0 Å². The van der Waals surface area contributed by atoms with E-state index in [4.69, 9.17) is 11.6 Å². The summed E-state index contributed by atoms with van der Waals surface area (Å²) in [5.41, 5.74) is 2.01. The minimum absolute atomic E-state index is 0.159. The Bertz CT molecular complexity index is 534. The van der Waals surface area contributed by atoms with Crippen molar-refractivity contribution in [2.45, 2.75) is 18.7 Å². The zero-order chi connectivity index (χ0) is 12.5. The van der Waals surface area contributed by atoms with E-state index in [0.29, 0.717) is 11.4 Å². The van der Waals surface area contributed by atoms with Crippen LogP contribution >= 0.6 is 11.6 Å². The quantitative estimate of drug-likeness (QED) is 0.918. The summed E-state index contributed by atoms with van der Waals surface area (Å²) in [6.07, 6.45) is 2.29. The molecule has 0 fully saturated rings. The smallest absolute Gasteiger partial charge is 0.171 e. The second-order valence-corrected chi connectivity index (χ2v) is 6.90. The summed E-state index contributed by atoms with van der Waals surface area (Å²) in [7, 11) is -3.04. The van der Waals surface area contributed by atoms with Crippen molar-refractivity contribution in [1.29, 1.82) is 0 Å². The Balaban J connectivity index is 2.15. The minimum atomic E-state index is -3.04. The predicted octanol–water partition coefficient (Wildman–Crippen LogP) is 2.43. The molecule has 17 heavy (non-hydrogen) atoms. The Morgan fingerprint density at radius 3 is 2.59 bits per heavy atom. The van der Waals surface area contributed by atoms with Gasteiger partial charge in [-0.1, -0.05) is 30.7 Å². The highest BCUT2D eigenvalue weighted by atomic mass is 35.5. The highest BCUT2D eigenvalue weighted by Gasteiger charge is 2.28. The van der Waals surface area contributed by atoms with Gasteiger partial charge in [-0.2, -0.15) is 0 Å². The monoisotopic (exact) mass is 271 g/mol. The van der Waals surface area contributed by atoms with E-state index in [1.165, 1.54) is 0 Å². The first kappa shape index (κ1) is 12.5. The third kappa shape index (κ3) is 2.64. The van der Waals surface area contributed by atoms with E-state index in [1.807, 2.05) is 12.1 Å². The second-order valence-electron chi connectivity index (χ2n) is 3.99. The predicted molar refractivity (Wildman–Crippen MR) is 70.4 cm³/mol. The van der Waals surface area contributed by atoms with Crippen molar-refractivity contribution in [3.05, 3.63) is 41.1 Å². The molecule has 0 saturated heterocycles. The minimum Gasteiger partial charge on any atom is -0.375 e. The Hall–Kier alpha value is -1.00. The van der Waals surface area contributed by atoms with Crippen molar-refractivity contribution in [2.24, 2.45) is 0 Å². The van der Waals surface area contributed by atoms with Crippen LogP contribution in [-0.2, 0) is 9.84 Å². The van der Waals surface area contributed by atoms with E-state index in [1.54, 1.807) is 25.3 Å². The van der Waals surface area contributed by atoms with Crippen molar-refractivity contribution in [1.82, 2.24) is 5.32 Å². The molecule has 0 radical (unpaired) electrons. The topological polar surface area (TPSA) is 46.2 Å². The summed E-state index contributed by atoms with van der Waals surface area (Å²) in [4.78, 5) is 0. The van der Waals surface area contributed by atoms with E-state index >= 15 is 0 Å². The fourth-order valence-electron chi connectivity index (χ4n) is 1.81. The van der Waals surface area contributed by atoms with E-state index in [9.17, 15) is 8.42 Å². The van der Waals surface area contributed by atoms with Gasteiger partial charge in [-0.05, 0) is 23.3 Å². The van der Waals surface area contributed by atoms with Crippen LogP contribution in [0, 0.1) is 0 Å². The molecule has 3 nitrogen and oxygen atoms in total. The summed E-state index contributed by atoms with van der Waals surface area (Å²) < 4.78 is 23.4. The molecule has 0 spiro atoms. The highest BCUT2D eigenvalue weighted by Crippen LogP contribution is 2.27. The van der Waals surface area contributed by atoms with Crippen LogP contribution < -0.4 is 5.32 Å². The van der Waals surface area contributed by atoms with Crippen LogP contribution in [0.25, 0.3) is 5.57 Å². The molecule has 1 aromatic carbocycles. The number of nitrogens with one attached hydrogen (secondary N) is 1. The molecular weight excluding hydrogens is 258 g/mol. The highest BCUT2D eigenvalue weighted by molar-refractivity contribution is 7.91. The van der Waals surface area contributed by atoms with Gasteiger partial charge in [0.2, 0.25) is 0 Å². The third-order valence-corrected chi connectivity index (χ3v) is 5.13. The van der Waals surface area contributed by atoms with Crippen molar-refractivity contribution < 1.29 is 8.42 Å². The molecule has 0 bridgehead atoms. The molecular formula is C12H14ClNO2S. The molecule has 1 heterocycles. The average Bonchev–Trinajstić information content (AvgIpc) is 2.80. The van der Waals surface area contributed by atoms with E-state index in [-0.39, 0.29) is 5.75 Å². The molecule has 5 heteroatoms. The molecule has 1 aromatic rings. The normalized spacial score (nSPS) is 19.9. The number of rotatable bonds is 3. The summed E-state index contributed by atoms with van der Waals surface area (Å²) >= 11 is 5.81. The molecule has 0 amide bonds. The average molecular weight is 272 g/mol. The standard InChI is InChI=1S/C12H14ClNO2S/c1-2-17(15,16)12-7-10(8-14-12)9-3-5-11(13)6-4-9/h3-6,8,12,14H,2,7H2,1H3. The molecule has 0 saturated carbocycles. The molecule has 1 aliphatic rings. The zero-order valence-electron chi connectivity index (χ0n) is 9.48. The van der Waals surface area contributed by atoms with Gasteiger partial charge in [0.05, 0.1) is 0 Å². The van der Waals surface area contributed by atoms with Crippen LogP contribution in [0.4, 0.5) is 0 Å². The van der Waals surface area contributed by atoms with E-state index in [0.717, 1.165) is 11.1 Å². The van der Waals surface area contributed by atoms with Gasteiger partial charge < -0.3 is 5.32 Å². The lowest BCUT2D eigenvalue weighted by Gasteiger charge is -2.10. The van der Waals surface area contributed by atoms with Crippen LogP contribution in [-0.4, -0.2) is 19.5 Å². The molecule has 1 aliphatic heterocycles. The fraction of sp³-hybridized carbons (Fsp3) is 0.333. The van der Waals surface area contributed by atoms with Gasteiger partial charge in [-0.3, -0.25) is 0 Å². The van der Waals surface area contributed by atoms with Crippen LogP contribution in [0.5, 0.6) is 0 Å². The second kappa shape index (κ2) is 4.70. The maximum Gasteiger partial charge on any atom is 0.171 e. The number of sulfone groups is 1. The van der Waals surface area contributed by atoms with Crippen molar-refractivity contribution in [3.63, 3.8) is 0 Å². The Morgan fingerprint density at radius 2 is 2.00 bits per heavy atom. The van der Waals surface area contributed by atoms with Crippen molar-refractivity contribution in [3.8, 4) is 0 Å². The Morgan fingerprint density at radius 1 is 1.35 bits per heavy atom. The maximum atomic E-state index is 11.7. The van der Waals surface area contributed by atoms with Crippen molar-refractivity contribution in [2.75, 3.05) is 5.75 Å². The maximum absolute atomic E-state index is 11.7. The van der Waals surface area contributed by atoms with Crippen LogP contribution in [0.1, 0.15) is 18.9 Å². The van der Waals surface area contributed by atoms with Gasteiger partial charge in [-0.25, -0.2) is 8.42 Å². The SMILES string of the molecule is CCS(=O)(=O)C1CC(c2ccc(Cl)cc2)=CN1. The zero-order valence-corrected chi connectivity index (χ0v) is 11.1. The number of hydrogen-bond acceptors (Lipinski definition) is 3. The fourth-order valence-corrected chi connectivity index (χ4v) is 3.05. The first-order valence-electron chi connectivity index (χ1n) is 5.45. The van der Waals surface area contributed by atoms with Gasteiger partial charge in [-0.15, -0.1) is 0 Å². The molecule has 1 unspecified atom stereocenters. The Kier molecular flexibility index (Phi) is 3.45. The lowest BCUT2D eigenvalue weighted by Crippen LogP contribution is -2.30. The molecule has 0 aromatic heterocycles. The summed E-state index contributed by atoms with van der Waals surface area (Å²) in [6.45, 7) is 1.66. The summed E-state index contributed by atoms with van der Waals surface area (Å²) in [5, 5.41) is 3.12.